The molecule has 6 nitrogen and oxygen atoms in total. The van der Waals surface area contributed by atoms with Gasteiger partial charge in [0.25, 0.3) is 0 Å². The third-order valence-electron chi connectivity index (χ3n) is 3.71. The first kappa shape index (κ1) is 14.8. The number of rotatable bonds is 3. The molecular weight excluding hydrogens is 307 g/mol. The SMILES string of the molecule is Cc1nn(C)c(N[C@H]2CCSc3c(F)cccc32)c1[N+](=O)[O-]. The van der Waals surface area contributed by atoms with Gasteiger partial charge in [-0.25, -0.2) is 9.07 Å². The molecule has 116 valence electrons. The number of nitrogens with zero attached hydrogens (tertiary/aromatic N) is 3. The van der Waals surface area contributed by atoms with Crippen LogP contribution in [-0.4, -0.2) is 20.5 Å². The van der Waals surface area contributed by atoms with Crippen LogP contribution < -0.4 is 5.32 Å². The zero-order valence-electron chi connectivity index (χ0n) is 12.2. The molecule has 1 N–H and O–H groups in total. The smallest absolute Gasteiger partial charge is 0.333 e. The van der Waals surface area contributed by atoms with E-state index in [9.17, 15) is 14.5 Å². The Morgan fingerprint density at radius 1 is 1.55 bits per heavy atom. The monoisotopic (exact) mass is 322 g/mol. The van der Waals surface area contributed by atoms with Crippen LogP contribution in [0, 0.1) is 22.9 Å². The Morgan fingerprint density at radius 3 is 3.05 bits per heavy atom. The van der Waals surface area contributed by atoms with Crippen molar-refractivity contribution in [1.29, 1.82) is 0 Å². The van der Waals surface area contributed by atoms with Gasteiger partial charge in [0.15, 0.2) is 0 Å². The molecule has 2 aromatic rings. The lowest BCUT2D eigenvalue weighted by Crippen LogP contribution is -2.19. The van der Waals surface area contributed by atoms with Crippen molar-refractivity contribution in [3.8, 4) is 0 Å². The lowest BCUT2D eigenvalue weighted by Gasteiger charge is -2.26. The Morgan fingerprint density at radius 2 is 2.32 bits per heavy atom. The van der Waals surface area contributed by atoms with Crippen LogP contribution >= 0.6 is 11.8 Å². The zero-order valence-corrected chi connectivity index (χ0v) is 13.0. The molecule has 0 saturated carbocycles. The highest BCUT2D eigenvalue weighted by Crippen LogP contribution is 2.40. The molecule has 22 heavy (non-hydrogen) atoms. The van der Waals surface area contributed by atoms with E-state index in [1.807, 2.05) is 6.07 Å². The van der Waals surface area contributed by atoms with Gasteiger partial charge in [-0.2, -0.15) is 5.10 Å². The first-order chi connectivity index (χ1) is 10.5. The molecule has 0 bridgehead atoms. The van der Waals surface area contributed by atoms with Gasteiger partial charge in [0, 0.05) is 17.7 Å². The summed E-state index contributed by atoms with van der Waals surface area (Å²) in [6.07, 6.45) is 0.766. The van der Waals surface area contributed by atoms with Crippen molar-refractivity contribution in [2.24, 2.45) is 7.05 Å². The topological polar surface area (TPSA) is 73.0 Å². The van der Waals surface area contributed by atoms with Gasteiger partial charge in [-0.15, -0.1) is 11.8 Å². The summed E-state index contributed by atoms with van der Waals surface area (Å²) in [6, 6.07) is 4.79. The average Bonchev–Trinajstić information content (AvgIpc) is 2.74. The van der Waals surface area contributed by atoms with Gasteiger partial charge in [-0.1, -0.05) is 12.1 Å². The number of aryl methyl sites for hydroxylation is 2. The second-order valence-electron chi connectivity index (χ2n) is 5.16. The molecule has 3 rings (SSSR count). The van der Waals surface area contributed by atoms with Crippen LogP contribution in [0.3, 0.4) is 0 Å². The number of benzene rings is 1. The number of hydrogen-bond donors (Lipinski definition) is 1. The van der Waals surface area contributed by atoms with Crippen LogP contribution in [0.5, 0.6) is 0 Å². The van der Waals surface area contributed by atoms with Crippen molar-refractivity contribution < 1.29 is 9.31 Å². The van der Waals surface area contributed by atoms with Crippen molar-refractivity contribution in [2.75, 3.05) is 11.1 Å². The number of hydrogen-bond acceptors (Lipinski definition) is 5. The Hall–Kier alpha value is -2.09. The maximum Gasteiger partial charge on any atom is 0.333 e. The first-order valence-electron chi connectivity index (χ1n) is 6.84. The third-order valence-corrected chi connectivity index (χ3v) is 4.87. The molecule has 1 aromatic carbocycles. The summed E-state index contributed by atoms with van der Waals surface area (Å²) in [5, 5.41) is 18.5. The second-order valence-corrected chi connectivity index (χ2v) is 6.26. The minimum Gasteiger partial charge on any atom is -0.358 e. The number of thioether (sulfide) groups is 1. The first-order valence-corrected chi connectivity index (χ1v) is 7.83. The zero-order chi connectivity index (χ0) is 15.9. The maximum atomic E-state index is 13.9. The number of nitrogens with one attached hydrogen (secondary N) is 1. The molecule has 0 amide bonds. The number of anilines is 1. The maximum absolute atomic E-state index is 13.9. The molecule has 1 atom stereocenters. The van der Waals surface area contributed by atoms with Crippen molar-refractivity contribution >= 4 is 23.3 Å². The Bertz CT molecular complexity index is 747. The highest BCUT2D eigenvalue weighted by Gasteiger charge is 2.29. The Kier molecular flexibility index (Phi) is 3.78. The van der Waals surface area contributed by atoms with Crippen molar-refractivity contribution in [3.05, 3.63) is 45.4 Å². The van der Waals surface area contributed by atoms with E-state index >= 15 is 0 Å². The van der Waals surface area contributed by atoms with E-state index in [-0.39, 0.29) is 17.5 Å². The van der Waals surface area contributed by atoms with Gasteiger partial charge in [0.1, 0.15) is 11.5 Å². The van der Waals surface area contributed by atoms with Crippen molar-refractivity contribution in [1.82, 2.24) is 9.78 Å². The molecular formula is C14H15FN4O2S. The summed E-state index contributed by atoms with van der Waals surface area (Å²) >= 11 is 1.48. The van der Waals surface area contributed by atoms with Gasteiger partial charge >= 0.3 is 5.69 Å². The fourth-order valence-electron chi connectivity index (χ4n) is 2.73. The molecule has 1 aliphatic rings. The van der Waals surface area contributed by atoms with Crippen LogP contribution in [0.2, 0.25) is 0 Å². The number of aromatic nitrogens is 2. The highest BCUT2D eigenvalue weighted by molar-refractivity contribution is 7.99. The van der Waals surface area contributed by atoms with E-state index in [2.05, 4.69) is 10.4 Å². The lowest BCUT2D eigenvalue weighted by molar-refractivity contribution is -0.384. The predicted octanol–water partition coefficient (Wildman–Crippen LogP) is 3.42. The van der Waals surface area contributed by atoms with Crippen LogP contribution in [0.4, 0.5) is 15.9 Å². The quantitative estimate of drug-likeness (QED) is 0.692. The summed E-state index contributed by atoms with van der Waals surface area (Å²) in [6.45, 7) is 1.60. The van der Waals surface area contributed by atoms with Gasteiger partial charge in [-0.3, -0.25) is 10.1 Å². The highest BCUT2D eigenvalue weighted by atomic mass is 32.2. The molecule has 0 aliphatic carbocycles. The van der Waals surface area contributed by atoms with Crippen LogP contribution in [0.1, 0.15) is 23.7 Å². The molecule has 0 saturated heterocycles. The molecule has 0 radical (unpaired) electrons. The van der Waals surface area contributed by atoms with Crippen molar-refractivity contribution in [2.45, 2.75) is 24.3 Å². The van der Waals surface area contributed by atoms with Crippen LogP contribution in [0.15, 0.2) is 23.1 Å². The number of fused-ring (bicyclic) bond motifs is 1. The Balaban J connectivity index is 2.00. The minimum atomic E-state index is -0.436. The minimum absolute atomic E-state index is 0.0290. The Labute approximate surface area is 130 Å². The standard InChI is InChI=1S/C14H15FN4O2S/c1-8-12(19(20)21)14(18(2)17-8)16-11-6-7-22-13-9(11)4-3-5-10(13)15/h3-5,11,16H,6-7H2,1-2H3/t11-/m0/s1. The fourth-order valence-corrected chi connectivity index (χ4v) is 3.87. The summed E-state index contributed by atoms with van der Waals surface area (Å²) < 4.78 is 15.4. The van der Waals surface area contributed by atoms with Gasteiger partial charge in [0.05, 0.1) is 11.0 Å². The van der Waals surface area contributed by atoms with Gasteiger partial charge in [-0.05, 0) is 25.0 Å². The summed E-state index contributed by atoms with van der Waals surface area (Å²) in [5.74, 6) is 0.871. The van der Waals surface area contributed by atoms with E-state index in [1.54, 1.807) is 20.0 Å². The molecule has 1 aromatic heterocycles. The van der Waals surface area contributed by atoms with E-state index in [0.717, 1.165) is 17.7 Å². The van der Waals surface area contributed by atoms with Crippen LogP contribution in [-0.2, 0) is 7.05 Å². The average molecular weight is 322 g/mol. The third kappa shape index (κ3) is 2.43. The number of nitro groups is 1. The summed E-state index contributed by atoms with van der Waals surface area (Å²) in [4.78, 5) is 11.4. The number of halogens is 1. The largest absolute Gasteiger partial charge is 0.358 e. The van der Waals surface area contributed by atoms with Crippen LogP contribution in [0.25, 0.3) is 0 Å². The van der Waals surface area contributed by atoms with E-state index < -0.39 is 4.92 Å². The van der Waals surface area contributed by atoms with E-state index in [0.29, 0.717) is 16.4 Å². The second kappa shape index (κ2) is 5.60. The lowest BCUT2D eigenvalue weighted by atomic mass is 10.0. The van der Waals surface area contributed by atoms with E-state index in [4.69, 9.17) is 0 Å². The predicted molar refractivity (Wildman–Crippen MR) is 82.7 cm³/mol. The fraction of sp³-hybridized carbons (Fsp3) is 0.357. The summed E-state index contributed by atoms with van der Waals surface area (Å²) in [7, 11) is 1.66. The molecule has 8 heteroatoms. The van der Waals surface area contributed by atoms with Gasteiger partial charge in [0.2, 0.25) is 5.82 Å². The van der Waals surface area contributed by atoms with Crippen molar-refractivity contribution in [3.63, 3.8) is 0 Å². The molecule has 0 unspecified atom stereocenters. The molecule has 1 aliphatic heterocycles. The molecule has 0 spiro atoms. The normalized spacial score (nSPS) is 17.1. The summed E-state index contributed by atoms with van der Waals surface area (Å²) in [5.41, 5.74) is 1.17. The molecule has 0 fully saturated rings. The van der Waals surface area contributed by atoms with Gasteiger partial charge < -0.3 is 5.32 Å². The molecule has 2 heterocycles. The van der Waals surface area contributed by atoms with E-state index in [1.165, 1.54) is 22.5 Å².